The Bertz CT molecular complexity index is 1070. The summed E-state index contributed by atoms with van der Waals surface area (Å²) in [7, 11) is 0. The lowest BCUT2D eigenvalue weighted by Gasteiger charge is -2.33. The maximum atomic E-state index is 15.1. The van der Waals surface area contributed by atoms with Gasteiger partial charge in [0.25, 0.3) is 5.91 Å². The Morgan fingerprint density at radius 1 is 1.09 bits per heavy atom. The summed E-state index contributed by atoms with van der Waals surface area (Å²) >= 11 is 0. The molecule has 0 bridgehead atoms. The minimum absolute atomic E-state index is 0. The van der Waals surface area contributed by atoms with Gasteiger partial charge in [0.1, 0.15) is 11.6 Å². The number of carbonyl (C=O) groups excluding carboxylic acids is 1. The number of amides is 1. The average molecular weight is 481 g/mol. The summed E-state index contributed by atoms with van der Waals surface area (Å²) in [6.07, 6.45) is 5.13. The normalized spacial score (nSPS) is 15.3. The molecule has 2 heterocycles. The third kappa shape index (κ3) is 5.54. The molecular formula is C23H24Cl2F2N4O. The first-order valence-corrected chi connectivity index (χ1v) is 9.83. The number of carbonyl (C=O) groups is 1. The van der Waals surface area contributed by atoms with Crippen LogP contribution in [0.1, 0.15) is 23.2 Å². The molecule has 1 fully saturated rings. The van der Waals surface area contributed by atoms with Gasteiger partial charge in [0.05, 0.1) is 23.1 Å². The molecule has 1 amide bonds. The van der Waals surface area contributed by atoms with Crippen LogP contribution in [0.4, 0.5) is 20.2 Å². The topological polar surface area (TPSA) is 71.2 Å². The highest BCUT2D eigenvalue weighted by Gasteiger charge is 2.22. The number of aromatic nitrogens is 1. The van der Waals surface area contributed by atoms with Crippen LogP contribution in [-0.2, 0) is 0 Å². The Kier molecular flexibility index (Phi) is 8.95. The largest absolute Gasteiger partial charge is 0.368 e. The Balaban J connectivity index is 0.00000181. The molecule has 0 saturated carbocycles. The number of halogens is 4. The van der Waals surface area contributed by atoms with E-state index in [-0.39, 0.29) is 42.0 Å². The average Bonchev–Trinajstić information content (AvgIpc) is 2.75. The van der Waals surface area contributed by atoms with Crippen molar-refractivity contribution in [3.63, 3.8) is 0 Å². The van der Waals surface area contributed by atoms with Gasteiger partial charge in [0, 0.05) is 30.9 Å². The lowest BCUT2D eigenvalue weighted by molar-refractivity contribution is 0.102. The van der Waals surface area contributed by atoms with E-state index in [0.29, 0.717) is 17.8 Å². The molecule has 1 aromatic heterocycles. The minimum Gasteiger partial charge on any atom is -0.368 e. The van der Waals surface area contributed by atoms with Crippen LogP contribution >= 0.6 is 24.8 Å². The van der Waals surface area contributed by atoms with E-state index in [1.165, 1.54) is 30.3 Å². The number of rotatable bonds is 4. The molecule has 0 unspecified atom stereocenters. The molecule has 4 rings (SSSR count). The number of benzene rings is 2. The molecule has 5 nitrogen and oxygen atoms in total. The number of nitrogens with zero attached hydrogens (tertiary/aromatic N) is 2. The molecule has 9 heteroatoms. The van der Waals surface area contributed by atoms with Gasteiger partial charge in [-0.15, -0.1) is 24.8 Å². The zero-order chi connectivity index (χ0) is 21.1. The summed E-state index contributed by atoms with van der Waals surface area (Å²) in [5.74, 6) is -1.64. The summed E-state index contributed by atoms with van der Waals surface area (Å²) in [5.41, 5.74) is 8.03. The summed E-state index contributed by atoms with van der Waals surface area (Å²) in [6, 6.07) is 11.9. The van der Waals surface area contributed by atoms with Gasteiger partial charge in [0.2, 0.25) is 0 Å². The van der Waals surface area contributed by atoms with Crippen LogP contribution < -0.4 is 16.0 Å². The number of piperidine rings is 1. The van der Waals surface area contributed by atoms with Gasteiger partial charge < -0.3 is 16.0 Å². The molecule has 1 aliphatic heterocycles. The van der Waals surface area contributed by atoms with Crippen molar-refractivity contribution in [2.45, 2.75) is 18.9 Å². The molecule has 3 N–H and O–H groups in total. The highest BCUT2D eigenvalue weighted by molar-refractivity contribution is 6.06. The smallest absolute Gasteiger partial charge is 0.258 e. The van der Waals surface area contributed by atoms with E-state index in [9.17, 15) is 9.18 Å². The standard InChI is InChI=1S/C23H22F2N4O.2ClH/c24-16-8-6-15(7-9-16)18-4-1-5-19(22(18)25)23(30)28-20-13-27-11-10-21(20)29-12-2-3-17(26)14-29;;/h1,4-11,13,17H,2-3,12,14,26H2,(H,28,30);2*1H/t17-;;/m0../s1. The second-order valence-electron chi connectivity index (χ2n) is 7.37. The van der Waals surface area contributed by atoms with Crippen LogP contribution in [0.3, 0.4) is 0 Å². The van der Waals surface area contributed by atoms with Gasteiger partial charge in [-0.05, 0) is 42.7 Å². The van der Waals surface area contributed by atoms with E-state index in [0.717, 1.165) is 25.1 Å². The first-order valence-electron chi connectivity index (χ1n) is 9.83. The van der Waals surface area contributed by atoms with Crippen molar-refractivity contribution in [3.05, 3.63) is 78.1 Å². The van der Waals surface area contributed by atoms with Crippen molar-refractivity contribution in [1.29, 1.82) is 0 Å². The van der Waals surface area contributed by atoms with Crippen molar-refractivity contribution in [2.75, 3.05) is 23.3 Å². The van der Waals surface area contributed by atoms with Gasteiger partial charge in [-0.3, -0.25) is 9.78 Å². The Morgan fingerprint density at radius 3 is 2.56 bits per heavy atom. The monoisotopic (exact) mass is 480 g/mol. The lowest BCUT2D eigenvalue weighted by Crippen LogP contribution is -2.43. The van der Waals surface area contributed by atoms with Gasteiger partial charge in [-0.25, -0.2) is 8.78 Å². The van der Waals surface area contributed by atoms with E-state index in [2.05, 4.69) is 15.2 Å². The van der Waals surface area contributed by atoms with Crippen LogP contribution in [-0.4, -0.2) is 30.0 Å². The quantitative estimate of drug-likeness (QED) is 0.547. The van der Waals surface area contributed by atoms with Crippen molar-refractivity contribution >= 4 is 42.1 Å². The molecule has 1 aliphatic rings. The van der Waals surface area contributed by atoms with E-state index in [1.54, 1.807) is 24.5 Å². The van der Waals surface area contributed by atoms with Gasteiger partial charge >= 0.3 is 0 Å². The number of nitrogens with two attached hydrogens (primary N) is 1. The SMILES string of the molecule is Cl.Cl.N[C@H]1CCCN(c2ccncc2NC(=O)c2cccc(-c3ccc(F)cc3)c2F)C1. The molecular weight excluding hydrogens is 457 g/mol. The molecule has 1 saturated heterocycles. The maximum Gasteiger partial charge on any atom is 0.258 e. The molecule has 32 heavy (non-hydrogen) atoms. The van der Waals surface area contributed by atoms with Crippen molar-refractivity contribution in [2.24, 2.45) is 5.73 Å². The number of anilines is 2. The Hall–Kier alpha value is -2.74. The van der Waals surface area contributed by atoms with E-state index < -0.39 is 17.5 Å². The van der Waals surface area contributed by atoms with Gasteiger partial charge in [-0.2, -0.15) is 0 Å². The third-order valence-electron chi connectivity index (χ3n) is 5.24. The van der Waals surface area contributed by atoms with Crippen LogP contribution in [0, 0.1) is 11.6 Å². The Morgan fingerprint density at radius 2 is 1.84 bits per heavy atom. The fourth-order valence-electron chi connectivity index (χ4n) is 3.74. The first-order chi connectivity index (χ1) is 14.5. The number of nitrogens with one attached hydrogen (secondary N) is 1. The molecule has 170 valence electrons. The fourth-order valence-corrected chi connectivity index (χ4v) is 3.74. The van der Waals surface area contributed by atoms with E-state index >= 15 is 4.39 Å². The summed E-state index contributed by atoms with van der Waals surface area (Å²) in [4.78, 5) is 19.1. The first kappa shape index (κ1) is 25.5. The highest BCUT2D eigenvalue weighted by atomic mass is 35.5. The summed E-state index contributed by atoms with van der Waals surface area (Å²) in [5, 5.41) is 2.78. The second-order valence-corrected chi connectivity index (χ2v) is 7.37. The van der Waals surface area contributed by atoms with Crippen LogP contribution in [0.5, 0.6) is 0 Å². The zero-order valence-corrected chi connectivity index (χ0v) is 18.8. The van der Waals surface area contributed by atoms with Gasteiger partial charge in [0.15, 0.2) is 0 Å². The molecule has 0 radical (unpaired) electrons. The number of hydrogen-bond donors (Lipinski definition) is 2. The van der Waals surface area contributed by atoms with Gasteiger partial charge in [-0.1, -0.05) is 24.3 Å². The molecule has 3 aromatic rings. The third-order valence-corrected chi connectivity index (χ3v) is 5.24. The summed E-state index contributed by atoms with van der Waals surface area (Å²) in [6.45, 7) is 1.51. The zero-order valence-electron chi connectivity index (χ0n) is 17.1. The minimum atomic E-state index is -0.660. The van der Waals surface area contributed by atoms with E-state index in [1.807, 2.05) is 6.07 Å². The fraction of sp³-hybridized carbons (Fsp3) is 0.217. The molecule has 2 aromatic carbocycles. The van der Waals surface area contributed by atoms with Crippen molar-refractivity contribution in [1.82, 2.24) is 4.98 Å². The van der Waals surface area contributed by atoms with Crippen LogP contribution in [0.25, 0.3) is 11.1 Å². The number of pyridine rings is 1. The summed E-state index contributed by atoms with van der Waals surface area (Å²) < 4.78 is 28.3. The molecule has 0 spiro atoms. The molecule has 0 aliphatic carbocycles. The molecule has 1 atom stereocenters. The van der Waals surface area contributed by atoms with E-state index in [4.69, 9.17) is 5.73 Å². The van der Waals surface area contributed by atoms with Crippen molar-refractivity contribution < 1.29 is 13.6 Å². The van der Waals surface area contributed by atoms with Crippen LogP contribution in [0.15, 0.2) is 60.9 Å². The van der Waals surface area contributed by atoms with Crippen molar-refractivity contribution in [3.8, 4) is 11.1 Å². The predicted molar refractivity (Wildman–Crippen MR) is 128 cm³/mol. The predicted octanol–water partition coefficient (Wildman–Crippen LogP) is 5.05. The Labute approximate surface area is 197 Å². The van der Waals surface area contributed by atoms with Crippen LogP contribution in [0.2, 0.25) is 0 Å². The number of hydrogen-bond acceptors (Lipinski definition) is 4. The lowest BCUT2D eigenvalue weighted by atomic mass is 10.0. The highest BCUT2D eigenvalue weighted by Crippen LogP contribution is 2.29. The second kappa shape index (κ2) is 11.2. The maximum absolute atomic E-state index is 15.1.